The second-order valence-corrected chi connectivity index (χ2v) is 5.29. The molecule has 0 aliphatic heterocycles. The Hall–Kier alpha value is -2.05. The van der Waals surface area contributed by atoms with Crippen LogP contribution in [0.1, 0.15) is 37.2 Å². The number of para-hydroxylation sites is 1. The molecule has 0 atom stereocenters. The molecule has 2 rings (SSSR count). The van der Waals surface area contributed by atoms with Gasteiger partial charge in [-0.2, -0.15) is 5.10 Å². The van der Waals surface area contributed by atoms with Gasteiger partial charge in [-0.05, 0) is 25.0 Å². The van der Waals surface area contributed by atoms with Crippen LogP contribution in [0.4, 0.5) is 0 Å². The van der Waals surface area contributed by atoms with Crippen molar-refractivity contribution in [1.82, 2.24) is 15.1 Å². The zero-order valence-corrected chi connectivity index (χ0v) is 14.1. The van der Waals surface area contributed by atoms with Crippen molar-refractivity contribution >= 4 is 18.3 Å². The molecule has 0 spiro atoms. The van der Waals surface area contributed by atoms with E-state index in [1.54, 1.807) is 0 Å². The topological polar surface area (TPSA) is 93.2 Å². The normalized spacial score (nSPS) is 10.9. The van der Waals surface area contributed by atoms with Crippen molar-refractivity contribution in [2.45, 2.75) is 32.2 Å². The van der Waals surface area contributed by atoms with Crippen molar-refractivity contribution in [2.24, 2.45) is 5.73 Å². The highest BCUT2D eigenvalue weighted by Crippen LogP contribution is 2.20. The Kier molecular flexibility index (Phi) is 6.60. The molecule has 0 aliphatic carbocycles. The number of carbonyl (C=O) groups is 1. The summed E-state index contributed by atoms with van der Waals surface area (Å²) < 4.78 is 1.48. The van der Waals surface area contributed by atoms with Gasteiger partial charge in [0.25, 0.3) is 5.91 Å². The summed E-state index contributed by atoms with van der Waals surface area (Å²) in [7, 11) is 0. The lowest BCUT2D eigenvalue weighted by Crippen LogP contribution is -2.53. The molecule has 0 unspecified atom stereocenters. The third kappa shape index (κ3) is 4.03. The second kappa shape index (κ2) is 7.99. The van der Waals surface area contributed by atoms with Crippen LogP contribution in [0.25, 0.3) is 5.69 Å². The Morgan fingerprint density at radius 2 is 1.91 bits per heavy atom. The van der Waals surface area contributed by atoms with Crippen molar-refractivity contribution in [3.05, 3.63) is 42.2 Å². The summed E-state index contributed by atoms with van der Waals surface area (Å²) in [4.78, 5) is 12.4. The number of aromatic nitrogens is 2. The van der Waals surface area contributed by atoms with E-state index in [0.717, 1.165) is 5.69 Å². The molecule has 0 saturated carbocycles. The van der Waals surface area contributed by atoms with Crippen LogP contribution in [0, 0.1) is 0 Å². The van der Waals surface area contributed by atoms with E-state index in [1.807, 2.05) is 44.2 Å². The number of carbonyl (C=O) groups excluding carboxylic acids is 1. The number of hydrogen-bond donors (Lipinski definition) is 3. The third-order valence-corrected chi connectivity index (χ3v) is 4.05. The van der Waals surface area contributed by atoms with Gasteiger partial charge in [0.05, 0.1) is 17.4 Å². The van der Waals surface area contributed by atoms with Gasteiger partial charge in [-0.3, -0.25) is 4.79 Å². The summed E-state index contributed by atoms with van der Waals surface area (Å²) in [5, 5.41) is 17.1. The molecule has 1 amide bonds. The van der Waals surface area contributed by atoms with Crippen molar-refractivity contribution in [3.63, 3.8) is 0 Å². The number of nitrogens with zero attached hydrogens (tertiary/aromatic N) is 2. The monoisotopic (exact) mass is 338 g/mol. The first-order valence-corrected chi connectivity index (χ1v) is 7.42. The Morgan fingerprint density at radius 3 is 2.43 bits per heavy atom. The number of hydrogen-bond acceptors (Lipinski definition) is 4. The molecule has 0 radical (unpaired) electrons. The first kappa shape index (κ1) is 19.0. The molecule has 23 heavy (non-hydrogen) atoms. The van der Waals surface area contributed by atoms with Gasteiger partial charge in [-0.1, -0.05) is 32.0 Å². The average Bonchev–Trinajstić information content (AvgIpc) is 2.95. The first-order valence-electron chi connectivity index (χ1n) is 7.42. The number of amides is 1. The standard InChI is InChI=1S/C16H22N4O2.ClH/c1-3-16(4-2,11-17)18-15(22)14-13(21)10-20(19-14)12-8-6-5-7-9-12;/h5-10,21H,3-4,11,17H2,1-2H3,(H,18,22);1H. The molecule has 1 aromatic carbocycles. The van der Waals surface area contributed by atoms with Crippen molar-refractivity contribution in [2.75, 3.05) is 6.54 Å². The van der Waals surface area contributed by atoms with Gasteiger partial charge >= 0.3 is 0 Å². The van der Waals surface area contributed by atoms with Gasteiger partial charge < -0.3 is 16.2 Å². The van der Waals surface area contributed by atoms with E-state index in [2.05, 4.69) is 10.4 Å². The van der Waals surface area contributed by atoms with Crippen LogP contribution in [0.15, 0.2) is 36.5 Å². The maximum atomic E-state index is 12.4. The summed E-state index contributed by atoms with van der Waals surface area (Å²) in [6.45, 7) is 4.28. The number of nitrogens with one attached hydrogen (secondary N) is 1. The Bertz CT molecular complexity index is 631. The number of halogens is 1. The molecular formula is C16H23ClN4O2. The van der Waals surface area contributed by atoms with E-state index in [9.17, 15) is 9.90 Å². The van der Waals surface area contributed by atoms with E-state index in [-0.39, 0.29) is 23.9 Å². The van der Waals surface area contributed by atoms with Crippen LogP contribution in [-0.4, -0.2) is 32.9 Å². The van der Waals surface area contributed by atoms with E-state index in [4.69, 9.17) is 5.73 Å². The fraction of sp³-hybridized carbons (Fsp3) is 0.375. The van der Waals surface area contributed by atoms with Crippen LogP contribution < -0.4 is 11.1 Å². The van der Waals surface area contributed by atoms with Crippen LogP contribution in [0.2, 0.25) is 0 Å². The molecule has 6 nitrogen and oxygen atoms in total. The lowest BCUT2D eigenvalue weighted by molar-refractivity contribution is 0.0887. The Balaban J connectivity index is 0.00000264. The zero-order valence-electron chi connectivity index (χ0n) is 13.3. The number of aromatic hydroxyl groups is 1. The molecule has 126 valence electrons. The highest BCUT2D eigenvalue weighted by atomic mass is 35.5. The molecule has 1 heterocycles. The van der Waals surface area contributed by atoms with Crippen molar-refractivity contribution in [1.29, 1.82) is 0 Å². The van der Waals surface area contributed by atoms with E-state index >= 15 is 0 Å². The van der Waals surface area contributed by atoms with Gasteiger partial charge in [0.15, 0.2) is 11.4 Å². The highest BCUT2D eigenvalue weighted by Gasteiger charge is 2.29. The molecule has 4 N–H and O–H groups in total. The number of benzene rings is 1. The number of nitrogens with two attached hydrogens (primary N) is 1. The minimum atomic E-state index is -0.472. The van der Waals surface area contributed by atoms with Crippen LogP contribution >= 0.6 is 12.4 Å². The fourth-order valence-electron chi connectivity index (χ4n) is 2.31. The Labute approximate surface area is 142 Å². The van der Waals surface area contributed by atoms with Crippen molar-refractivity contribution < 1.29 is 9.90 Å². The molecule has 1 aromatic heterocycles. The zero-order chi connectivity index (χ0) is 16.2. The summed E-state index contributed by atoms with van der Waals surface area (Å²) in [6.07, 6.45) is 2.85. The summed E-state index contributed by atoms with van der Waals surface area (Å²) in [5.41, 5.74) is 6.09. The van der Waals surface area contributed by atoms with Gasteiger partial charge in [0, 0.05) is 6.54 Å². The predicted molar refractivity (Wildman–Crippen MR) is 92.3 cm³/mol. The predicted octanol–water partition coefficient (Wildman–Crippen LogP) is 2.25. The smallest absolute Gasteiger partial charge is 0.276 e. The number of rotatable bonds is 6. The maximum absolute atomic E-state index is 12.4. The van der Waals surface area contributed by atoms with E-state index in [1.165, 1.54) is 10.9 Å². The van der Waals surface area contributed by atoms with Crippen LogP contribution in [0.5, 0.6) is 5.75 Å². The molecule has 0 fully saturated rings. The fourth-order valence-corrected chi connectivity index (χ4v) is 2.31. The molecule has 0 aliphatic rings. The third-order valence-electron chi connectivity index (χ3n) is 4.05. The maximum Gasteiger partial charge on any atom is 0.276 e. The second-order valence-electron chi connectivity index (χ2n) is 5.29. The highest BCUT2D eigenvalue weighted by molar-refractivity contribution is 5.95. The molecule has 2 aromatic rings. The van der Waals surface area contributed by atoms with E-state index < -0.39 is 11.4 Å². The minimum absolute atomic E-state index is 0. The lowest BCUT2D eigenvalue weighted by Gasteiger charge is -2.31. The Morgan fingerprint density at radius 1 is 1.30 bits per heavy atom. The summed E-state index contributed by atoms with van der Waals surface area (Å²) in [6, 6.07) is 9.30. The SMILES string of the molecule is CCC(CC)(CN)NC(=O)c1nn(-c2ccccc2)cc1O.Cl. The molecule has 0 saturated heterocycles. The van der Waals surface area contributed by atoms with Crippen LogP contribution in [0.3, 0.4) is 0 Å². The quantitative estimate of drug-likeness (QED) is 0.753. The largest absolute Gasteiger partial charge is 0.504 e. The van der Waals surface area contributed by atoms with Gasteiger partial charge in [0.1, 0.15) is 0 Å². The summed E-state index contributed by atoms with van der Waals surface area (Å²) >= 11 is 0. The molecular weight excluding hydrogens is 316 g/mol. The first-order chi connectivity index (χ1) is 10.5. The summed E-state index contributed by atoms with van der Waals surface area (Å²) in [5.74, 6) is -0.569. The van der Waals surface area contributed by atoms with Gasteiger partial charge in [-0.15, -0.1) is 12.4 Å². The molecule has 0 bridgehead atoms. The lowest BCUT2D eigenvalue weighted by atomic mass is 9.93. The minimum Gasteiger partial charge on any atom is -0.504 e. The average molecular weight is 339 g/mol. The van der Waals surface area contributed by atoms with Crippen LogP contribution in [-0.2, 0) is 0 Å². The van der Waals surface area contributed by atoms with Gasteiger partial charge in [-0.25, -0.2) is 4.68 Å². The van der Waals surface area contributed by atoms with E-state index in [0.29, 0.717) is 19.4 Å². The van der Waals surface area contributed by atoms with Gasteiger partial charge in [0.2, 0.25) is 0 Å². The van der Waals surface area contributed by atoms with Crippen molar-refractivity contribution in [3.8, 4) is 11.4 Å². The molecule has 7 heteroatoms.